The van der Waals surface area contributed by atoms with Crippen LogP contribution in [0.1, 0.15) is 30.4 Å². The minimum Gasteiger partial charge on any atom is -0.355 e. The number of hydrogen-bond acceptors (Lipinski definition) is 4. The summed E-state index contributed by atoms with van der Waals surface area (Å²) in [6.45, 7) is 3.43. The normalized spacial score (nSPS) is 15.6. The lowest BCUT2D eigenvalue weighted by atomic mass is 9.90. The van der Waals surface area contributed by atoms with Gasteiger partial charge in [0.1, 0.15) is 0 Å². The van der Waals surface area contributed by atoms with E-state index in [4.69, 9.17) is 11.6 Å². The first-order chi connectivity index (χ1) is 14.9. The van der Waals surface area contributed by atoms with Gasteiger partial charge in [-0.3, -0.25) is 4.79 Å². The van der Waals surface area contributed by atoms with Gasteiger partial charge in [0.2, 0.25) is 5.91 Å². The molecule has 1 aliphatic rings. The van der Waals surface area contributed by atoms with Crippen molar-refractivity contribution in [3.05, 3.63) is 70.7 Å². The third-order valence-corrected chi connectivity index (χ3v) is 7.74. The van der Waals surface area contributed by atoms with Gasteiger partial charge in [-0.15, -0.1) is 0 Å². The molecule has 0 radical (unpaired) electrons. The van der Waals surface area contributed by atoms with E-state index in [1.54, 1.807) is 24.3 Å². The number of hydrogen-bond donors (Lipinski definition) is 1. The van der Waals surface area contributed by atoms with E-state index in [0.717, 1.165) is 32.0 Å². The lowest BCUT2D eigenvalue weighted by molar-refractivity contribution is -0.120. The number of amides is 1. The van der Waals surface area contributed by atoms with Gasteiger partial charge in [0.15, 0.2) is 9.84 Å². The van der Waals surface area contributed by atoms with Crippen LogP contribution in [0.5, 0.6) is 0 Å². The van der Waals surface area contributed by atoms with Crippen LogP contribution in [0.25, 0.3) is 0 Å². The number of carbonyl (C=O) groups is 1. The average molecular weight is 463 g/mol. The molecular weight excluding hydrogens is 432 g/mol. The Balaban J connectivity index is 1.30. The maximum atomic E-state index is 12.3. The summed E-state index contributed by atoms with van der Waals surface area (Å²) < 4.78 is 24.6. The Bertz CT molecular complexity index is 942. The summed E-state index contributed by atoms with van der Waals surface area (Å²) in [5.74, 6) is 0.186. The number of halogens is 1. The van der Waals surface area contributed by atoms with Crippen molar-refractivity contribution in [1.82, 2.24) is 10.2 Å². The molecule has 1 saturated heterocycles. The van der Waals surface area contributed by atoms with Crippen LogP contribution in [0.3, 0.4) is 0 Å². The third-order valence-electron chi connectivity index (χ3n) is 5.80. The second-order valence-electron chi connectivity index (χ2n) is 8.26. The van der Waals surface area contributed by atoms with Crippen molar-refractivity contribution >= 4 is 27.3 Å². The van der Waals surface area contributed by atoms with E-state index in [0.29, 0.717) is 17.1 Å². The first-order valence-corrected chi connectivity index (χ1v) is 13.1. The van der Waals surface area contributed by atoms with Crippen LogP contribution >= 0.6 is 11.6 Å². The van der Waals surface area contributed by atoms with E-state index in [2.05, 4.69) is 40.5 Å². The average Bonchev–Trinajstić information content (AvgIpc) is 2.76. The summed E-state index contributed by atoms with van der Waals surface area (Å²) in [4.78, 5) is 14.5. The number of carbonyl (C=O) groups excluding carboxylic acids is 1. The topological polar surface area (TPSA) is 66.5 Å². The smallest absolute Gasteiger partial charge is 0.221 e. The third kappa shape index (κ3) is 8.28. The molecule has 168 valence electrons. The molecule has 0 saturated carbocycles. The van der Waals surface area contributed by atoms with Crippen molar-refractivity contribution in [2.75, 3.05) is 31.9 Å². The molecule has 1 aliphatic heterocycles. The van der Waals surface area contributed by atoms with Crippen LogP contribution in [0.2, 0.25) is 5.02 Å². The molecule has 0 aliphatic carbocycles. The monoisotopic (exact) mass is 462 g/mol. The summed E-state index contributed by atoms with van der Waals surface area (Å²) >= 11 is 6.04. The van der Waals surface area contributed by atoms with Crippen LogP contribution in [-0.4, -0.2) is 51.2 Å². The summed E-state index contributed by atoms with van der Waals surface area (Å²) in [5.41, 5.74) is 1.97. The maximum Gasteiger partial charge on any atom is 0.221 e. The largest absolute Gasteiger partial charge is 0.355 e. The first kappa shape index (κ1) is 23.8. The Hall–Kier alpha value is -1.89. The van der Waals surface area contributed by atoms with E-state index in [1.165, 1.54) is 18.4 Å². The van der Waals surface area contributed by atoms with E-state index in [-0.39, 0.29) is 23.8 Å². The zero-order valence-electron chi connectivity index (χ0n) is 17.8. The van der Waals surface area contributed by atoms with Gasteiger partial charge in [0.05, 0.1) is 11.5 Å². The number of benzene rings is 2. The van der Waals surface area contributed by atoms with Crippen molar-refractivity contribution in [3.63, 3.8) is 0 Å². The van der Waals surface area contributed by atoms with Gasteiger partial charge in [-0.2, -0.15) is 0 Å². The van der Waals surface area contributed by atoms with E-state index in [1.807, 2.05) is 0 Å². The maximum absolute atomic E-state index is 12.3. The fourth-order valence-electron chi connectivity index (χ4n) is 3.98. The lowest BCUT2D eigenvalue weighted by Gasteiger charge is -2.32. The fourth-order valence-corrected chi connectivity index (χ4v) is 5.62. The fraction of sp³-hybridized carbons (Fsp3) is 0.458. The van der Waals surface area contributed by atoms with Crippen LogP contribution in [-0.2, 0) is 26.8 Å². The SMILES string of the molecule is O=C(CCS(=O)(=O)Cc1ccccc1Cl)NCCN1CCC(Cc2ccccc2)CC1. The van der Waals surface area contributed by atoms with Crippen molar-refractivity contribution in [1.29, 1.82) is 0 Å². The molecule has 1 amide bonds. The van der Waals surface area contributed by atoms with Gasteiger partial charge in [-0.05, 0) is 55.5 Å². The highest BCUT2D eigenvalue weighted by atomic mass is 35.5. The highest BCUT2D eigenvalue weighted by Gasteiger charge is 2.20. The quantitative estimate of drug-likeness (QED) is 0.584. The second-order valence-corrected chi connectivity index (χ2v) is 10.8. The minimum atomic E-state index is -3.39. The minimum absolute atomic E-state index is 0.0219. The Kier molecular flexibility index (Phi) is 8.93. The molecule has 0 unspecified atom stereocenters. The Morgan fingerprint density at radius 3 is 2.42 bits per heavy atom. The lowest BCUT2D eigenvalue weighted by Crippen LogP contribution is -2.40. The number of likely N-dealkylation sites (tertiary alicyclic amines) is 1. The van der Waals surface area contributed by atoms with E-state index in [9.17, 15) is 13.2 Å². The Morgan fingerprint density at radius 2 is 1.71 bits per heavy atom. The van der Waals surface area contributed by atoms with Crippen LogP contribution in [0, 0.1) is 5.92 Å². The zero-order chi connectivity index (χ0) is 22.1. The van der Waals surface area contributed by atoms with Gasteiger partial charge >= 0.3 is 0 Å². The molecule has 2 aromatic rings. The Morgan fingerprint density at radius 1 is 1.03 bits per heavy atom. The molecule has 5 nitrogen and oxygen atoms in total. The second kappa shape index (κ2) is 11.7. The summed E-state index contributed by atoms with van der Waals surface area (Å²) in [5, 5.41) is 3.29. The number of sulfone groups is 1. The zero-order valence-corrected chi connectivity index (χ0v) is 19.4. The van der Waals surface area contributed by atoms with Crippen LogP contribution in [0.4, 0.5) is 0 Å². The van der Waals surface area contributed by atoms with Gasteiger partial charge in [0, 0.05) is 24.5 Å². The molecule has 1 fully saturated rings. The molecular formula is C24H31ClN2O3S. The summed E-state index contributed by atoms with van der Waals surface area (Å²) in [7, 11) is -3.39. The van der Waals surface area contributed by atoms with Crippen molar-refractivity contribution in [2.24, 2.45) is 5.92 Å². The Labute approximate surface area is 190 Å². The molecule has 2 aromatic carbocycles. The predicted molar refractivity (Wildman–Crippen MR) is 126 cm³/mol. The highest BCUT2D eigenvalue weighted by molar-refractivity contribution is 7.90. The number of piperidine rings is 1. The summed E-state index contributed by atoms with van der Waals surface area (Å²) in [6.07, 6.45) is 3.45. The van der Waals surface area contributed by atoms with Gasteiger partial charge < -0.3 is 10.2 Å². The molecule has 1 N–H and O–H groups in total. The van der Waals surface area contributed by atoms with Gasteiger partial charge in [-0.1, -0.05) is 60.1 Å². The van der Waals surface area contributed by atoms with Gasteiger partial charge in [0.25, 0.3) is 0 Å². The first-order valence-electron chi connectivity index (χ1n) is 10.9. The molecule has 7 heteroatoms. The highest BCUT2D eigenvalue weighted by Crippen LogP contribution is 2.21. The number of nitrogens with one attached hydrogen (secondary N) is 1. The number of nitrogens with zero attached hydrogens (tertiary/aromatic N) is 1. The molecule has 0 bridgehead atoms. The van der Waals surface area contributed by atoms with E-state index >= 15 is 0 Å². The molecule has 3 rings (SSSR count). The number of rotatable bonds is 10. The predicted octanol–water partition coefficient (Wildman–Crippen LogP) is 3.72. The molecule has 31 heavy (non-hydrogen) atoms. The standard InChI is InChI=1S/C24H31ClN2O3S/c25-23-9-5-4-8-22(23)19-31(29,30)17-12-24(28)26-13-16-27-14-10-21(11-15-27)18-20-6-2-1-3-7-20/h1-9,21H,10-19H2,(H,26,28). The molecule has 0 aromatic heterocycles. The molecule has 0 spiro atoms. The van der Waals surface area contributed by atoms with Crippen molar-refractivity contribution < 1.29 is 13.2 Å². The van der Waals surface area contributed by atoms with Crippen molar-refractivity contribution in [2.45, 2.75) is 31.4 Å². The van der Waals surface area contributed by atoms with Gasteiger partial charge in [-0.25, -0.2) is 8.42 Å². The molecule has 1 heterocycles. The van der Waals surface area contributed by atoms with E-state index < -0.39 is 9.84 Å². The summed E-state index contributed by atoms with van der Waals surface area (Å²) in [6, 6.07) is 17.5. The molecule has 0 atom stereocenters. The van der Waals surface area contributed by atoms with Crippen molar-refractivity contribution in [3.8, 4) is 0 Å². The van der Waals surface area contributed by atoms with Crippen LogP contribution in [0.15, 0.2) is 54.6 Å². The van der Waals surface area contributed by atoms with Crippen LogP contribution < -0.4 is 5.32 Å².